The maximum absolute atomic E-state index is 6.21. The fourth-order valence-corrected chi connectivity index (χ4v) is 2.95. The van der Waals surface area contributed by atoms with Crippen LogP contribution in [0.25, 0.3) is 0 Å². The highest BCUT2D eigenvalue weighted by molar-refractivity contribution is 7.98. The summed E-state index contributed by atoms with van der Waals surface area (Å²) >= 11 is 8.13. The summed E-state index contributed by atoms with van der Waals surface area (Å²) in [7, 11) is 0. The van der Waals surface area contributed by atoms with E-state index in [0.717, 1.165) is 24.4 Å². The number of rotatable bonds is 8. The van der Waals surface area contributed by atoms with Gasteiger partial charge in [-0.05, 0) is 49.1 Å². The normalized spacial score (nSPS) is 13.5. The fourth-order valence-electron chi connectivity index (χ4n) is 2.17. The molecule has 1 aliphatic rings. The standard InChI is InChI=1S/C15H22ClNO2S/c1-20-8-4-2-3-5-17-11-12-9-13(16)15-14(10-12)18-6-7-19-15/h9-10,17H,2-8,11H2,1H3. The largest absolute Gasteiger partial charge is 0.486 e. The first-order valence-corrected chi connectivity index (χ1v) is 8.86. The second kappa shape index (κ2) is 8.65. The van der Waals surface area contributed by atoms with Crippen LogP contribution in [0.2, 0.25) is 5.02 Å². The number of benzene rings is 1. The van der Waals surface area contributed by atoms with E-state index in [4.69, 9.17) is 21.1 Å². The number of nitrogens with one attached hydrogen (secondary N) is 1. The van der Waals surface area contributed by atoms with E-state index < -0.39 is 0 Å². The van der Waals surface area contributed by atoms with E-state index in [-0.39, 0.29) is 0 Å². The molecule has 1 aromatic rings. The lowest BCUT2D eigenvalue weighted by Gasteiger charge is -2.20. The van der Waals surface area contributed by atoms with Crippen molar-refractivity contribution in [1.29, 1.82) is 0 Å². The third-order valence-electron chi connectivity index (χ3n) is 3.19. The van der Waals surface area contributed by atoms with Crippen molar-refractivity contribution < 1.29 is 9.47 Å². The highest BCUT2D eigenvalue weighted by Crippen LogP contribution is 2.38. The van der Waals surface area contributed by atoms with Gasteiger partial charge in [-0.1, -0.05) is 18.0 Å². The fraction of sp³-hybridized carbons (Fsp3) is 0.600. The zero-order valence-corrected chi connectivity index (χ0v) is 13.5. The van der Waals surface area contributed by atoms with Crippen LogP contribution in [0.1, 0.15) is 24.8 Å². The lowest BCUT2D eigenvalue weighted by Crippen LogP contribution is -2.17. The van der Waals surface area contributed by atoms with Crippen LogP contribution in [-0.2, 0) is 6.54 Å². The van der Waals surface area contributed by atoms with Gasteiger partial charge in [0.15, 0.2) is 11.5 Å². The Kier molecular flexibility index (Phi) is 6.83. The second-order valence-electron chi connectivity index (χ2n) is 4.83. The summed E-state index contributed by atoms with van der Waals surface area (Å²) in [6.45, 7) is 3.02. The Hall–Kier alpha value is -0.580. The summed E-state index contributed by atoms with van der Waals surface area (Å²) in [5.74, 6) is 2.71. The first-order chi connectivity index (χ1) is 9.81. The minimum Gasteiger partial charge on any atom is -0.486 e. The molecule has 0 spiro atoms. The summed E-state index contributed by atoms with van der Waals surface area (Å²) < 4.78 is 11.1. The molecule has 1 N–H and O–H groups in total. The molecule has 1 aromatic carbocycles. The van der Waals surface area contributed by atoms with Gasteiger partial charge < -0.3 is 14.8 Å². The minimum atomic E-state index is 0.570. The number of hydrogen-bond acceptors (Lipinski definition) is 4. The van der Waals surface area contributed by atoms with Gasteiger partial charge >= 0.3 is 0 Å². The average Bonchev–Trinajstić information content (AvgIpc) is 2.46. The van der Waals surface area contributed by atoms with E-state index in [2.05, 4.69) is 11.6 Å². The maximum atomic E-state index is 6.21. The van der Waals surface area contributed by atoms with Crippen LogP contribution in [0.15, 0.2) is 12.1 Å². The van der Waals surface area contributed by atoms with Crippen LogP contribution in [0, 0.1) is 0 Å². The number of hydrogen-bond donors (Lipinski definition) is 1. The molecular formula is C15H22ClNO2S. The number of ether oxygens (including phenoxy) is 2. The predicted molar refractivity (Wildman–Crippen MR) is 86.4 cm³/mol. The quantitative estimate of drug-likeness (QED) is 0.740. The monoisotopic (exact) mass is 315 g/mol. The van der Waals surface area contributed by atoms with Crippen molar-refractivity contribution in [2.75, 3.05) is 31.8 Å². The van der Waals surface area contributed by atoms with Gasteiger partial charge in [0.25, 0.3) is 0 Å². The predicted octanol–water partition coefficient (Wildman–Crippen LogP) is 3.73. The van der Waals surface area contributed by atoms with E-state index in [1.54, 1.807) is 0 Å². The van der Waals surface area contributed by atoms with Crippen LogP contribution in [0.3, 0.4) is 0 Å². The van der Waals surface area contributed by atoms with Gasteiger partial charge in [-0.15, -0.1) is 0 Å². The molecule has 5 heteroatoms. The Balaban J connectivity index is 1.74. The molecule has 0 fully saturated rings. The Morgan fingerprint density at radius 2 is 2.05 bits per heavy atom. The number of thioether (sulfide) groups is 1. The molecule has 0 unspecified atom stereocenters. The van der Waals surface area contributed by atoms with Crippen LogP contribution in [-0.4, -0.2) is 31.8 Å². The molecule has 1 aliphatic heterocycles. The minimum absolute atomic E-state index is 0.570. The molecule has 1 heterocycles. The average molecular weight is 316 g/mol. The molecule has 0 bridgehead atoms. The molecule has 2 rings (SSSR count). The molecule has 0 saturated heterocycles. The van der Waals surface area contributed by atoms with Gasteiger partial charge in [-0.25, -0.2) is 0 Å². The zero-order chi connectivity index (χ0) is 14.2. The molecule has 3 nitrogen and oxygen atoms in total. The third kappa shape index (κ3) is 4.76. The highest BCUT2D eigenvalue weighted by Gasteiger charge is 2.16. The van der Waals surface area contributed by atoms with Gasteiger partial charge in [-0.3, -0.25) is 0 Å². The Morgan fingerprint density at radius 3 is 2.90 bits per heavy atom. The van der Waals surface area contributed by atoms with E-state index in [1.807, 2.05) is 23.9 Å². The molecule has 0 radical (unpaired) electrons. The van der Waals surface area contributed by atoms with Crippen molar-refractivity contribution >= 4 is 23.4 Å². The van der Waals surface area contributed by atoms with Gasteiger partial charge in [0.1, 0.15) is 13.2 Å². The van der Waals surface area contributed by atoms with Crippen molar-refractivity contribution in [3.05, 3.63) is 22.7 Å². The van der Waals surface area contributed by atoms with Crippen LogP contribution < -0.4 is 14.8 Å². The van der Waals surface area contributed by atoms with Crippen molar-refractivity contribution in [2.45, 2.75) is 25.8 Å². The summed E-state index contributed by atoms with van der Waals surface area (Å²) in [5.41, 5.74) is 1.14. The van der Waals surface area contributed by atoms with Gasteiger partial charge in [0.05, 0.1) is 5.02 Å². The second-order valence-corrected chi connectivity index (χ2v) is 6.22. The Bertz CT molecular complexity index is 429. The number of unbranched alkanes of at least 4 members (excludes halogenated alkanes) is 2. The molecule has 0 amide bonds. The van der Waals surface area contributed by atoms with Crippen LogP contribution in [0.4, 0.5) is 0 Å². The van der Waals surface area contributed by atoms with E-state index in [9.17, 15) is 0 Å². The van der Waals surface area contributed by atoms with Crippen molar-refractivity contribution in [1.82, 2.24) is 5.32 Å². The van der Waals surface area contributed by atoms with Gasteiger partial charge in [0.2, 0.25) is 0 Å². The summed E-state index contributed by atoms with van der Waals surface area (Å²) in [6.07, 6.45) is 5.97. The summed E-state index contributed by atoms with van der Waals surface area (Å²) in [5, 5.41) is 4.09. The summed E-state index contributed by atoms with van der Waals surface area (Å²) in [4.78, 5) is 0. The maximum Gasteiger partial charge on any atom is 0.179 e. The third-order valence-corrected chi connectivity index (χ3v) is 4.17. The molecule has 0 aliphatic carbocycles. The van der Waals surface area contributed by atoms with E-state index in [1.165, 1.54) is 25.0 Å². The van der Waals surface area contributed by atoms with Crippen molar-refractivity contribution in [2.24, 2.45) is 0 Å². The molecule has 0 aromatic heterocycles. The smallest absolute Gasteiger partial charge is 0.179 e. The molecular weight excluding hydrogens is 294 g/mol. The van der Waals surface area contributed by atoms with Crippen molar-refractivity contribution in [3.63, 3.8) is 0 Å². The number of fused-ring (bicyclic) bond motifs is 1. The first-order valence-electron chi connectivity index (χ1n) is 7.09. The molecule has 20 heavy (non-hydrogen) atoms. The Morgan fingerprint density at radius 1 is 1.20 bits per heavy atom. The highest BCUT2D eigenvalue weighted by atomic mass is 35.5. The summed E-state index contributed by atoms with van der Waals surface area (Å²) in [6, 6.07) is 3.97. The lowest BCUT2D eigenvalue weighted by atomic mass is 10.2. The van der Waals surface area contributed by atoms with Gasteiger partial charge in [0, 0.05) is 6.54 Å². The van der Waals surface area contributed by atoms with E-state index in [0.29, 0.717) is 24.0 Å². The van der Waals surface area contributed by atoms with Gasteiger partial charge in [-0.2, -0.15) is 11.8 Å². The lowest BCUT2D eigenvalue weighted by molar-refractivity contribution is 0.171. The molecule has 0 atom stereocenters. The number of halogens is 1. The zero-order valence-electron chi connectivity index (χ0n) is 11.9. The van der Waals surface area contributed by atoms with Crippen molar-refractivity contribution in [3.8, 4) is 11.5 Å². The first kappa shape index (κ1) is 15.8. The topological polar surface area (TPSA) is 30.5 Å². The molecule has 112 valence electrons. The van der Waals surface area contributed by atoms with Crippen LogP contribution >= 0.6 is 23.4 Å². The van der Waals surface area contributed by atoms with Crippen LogP contribution in [0.5, 0.6) is 11.5 Å². The Labute approximate surface area is 130 Å². The van der Waals surface area contributed by atoms with E-state index >= 15 is 0 Å². The SMILES string of the molecule is CSCCCCCNCc1cc(Cl)c2c(c1)OCCO2. The molecule has 0 saturated carbocycles.